The van der Waals surface area contributed by atoms with E-state index in [4.69, 9.17) is 9.97 Å². The lowest BCUT2D eigenvalue weighted by atomic mass is 9.98. The third-order valence-corrected chi connectivity index (χ3v) is 8.55. The molecule has 198 valence electrons. The molecule has 2 unspecified atom stereocenters. The van der Waals surface area contributed by atoms with Crippen LogP contribution < -0.4 is 10.6 Å². The summed E-state index contributed by atoms with van der Waals surface area (Å²) in [6.07, 6.45) is 4.71. The van der Waals surface area contributed by atoms with Gasteiger partial charge in [-0.2, -0.15) is 0 Å². The minimum absolute atomic E-state index is 0.349. The summed E-state index contributed by atoms with van der Waals surface area (Å²) < 4.78 is 0. The normalized spacial score (nSPS) is 19.2. The van der Waals surface area contributed by atoms with Crippen molar-refractivity contribution in [2.75, 3.05) is 13.1 Å². The van der Waals surface area contributed by atoms with Gasteiger partial charge < -0.3 is 20.6 Å². The molecule has 6 nitrogen and oxygen atoms in total. The molecule has 40 heavy (non-hydrogen) atoms. The second kappa shape index (κ2) is 9.73. The van der Waals surface area contributed by atoms with Crippen LogP contribution in [0.4, 0.5) is 0 Å². The van der Waals surface area contributed by atoms with E-state index in [-0.39, 0.29) is 0 Å². The van der Waals surface area contributed by atoms with Crippen LogP contribution in [0.15, 0.2) is 84.9 Å². The molecule has 0 saturated carbocycles. The van der Waals surface area contributed by atoms with Crippen LogP contribution in [-0.2, 0) is 0 Å². The van der Waals surface area contributed by atoms with Crippen molar-refractivity contribution in [3.63, 3.8) is 0 Å². The molecular formula is C34H32N6. The topological polar surface area (TPSA) is 81.4 Å². The Kier molecular flexibility index (Phi) is 5.75. The molecular weight excluding hydrogens is 492 g/mol. The van der Waals surface area contributed by atoms with Crippen molar-refractivity contribution in [2.24, 2.45) is 0 Å². The third kappa shape index (κ3) is 4.30. The van der Waals surface area contributed by atoms with Crippen LogP contribution in [0.25, 0.3) is 55.4 Å². The highest BCUT2D eigenvalue weighted by Gasteiger charge is 2.20. The number of nitrogens with one attached hydrogen (secondary N) is 4. The van der Waals surface area contributed by atoms with Crippen molar-refractivity contribution < 1.29 is 0 Å². The molecule has 6 aromatic rings. The first-order chi connectivity index (χ1) is 19.8. The second-order valence-electron chi connectivity index (χ2n) is 11.2. The summed E-state index contributed by atoms with van der Waals surface area (Å²) in [4.78, 5) is 16.7. The Morgan fingerprint density at radius 3 is 1.23 bits per heavy atom. The van der Waals surface area contributed by atoms with Gasteiger partial charge in [-0.1, -0.05) is 60.7 Å². The van der Waals surface area contributed by atoms with Crippen LogP contribution in [0.5, 0.6) is 0 Å². The van der Waals surface area contributed by atoms with E-state index in [2.05, 4.69) is 106 Å². The fourth-order valence-electron chi connectivity index (χ4n) is 6.29. The van der Waals surface area contributed by atoms with Crippen molar-refractivity contribution in [3.05, 3.63) is 96.6 Å². The van der Waals surface area contributed by atoms with Crippen molar-refractivity contribution in [3.8, 4) is 33.4 Å². The van der Waals surface area contributed by atoms with Gasteiger partial charge in [0.25, 0.3) is 0 Å². The number of H-pyrrole nitrogens is 2. The first kappa shape index (κ1) is 23.6. The lowest BCUT2D eigenvalue weighted by Crippen LogP contribution is -2.13. The van der Waals surface area contributed by atoms with Crippen LogP contribution >= 0.6 is 0 Å². The molecule has 6 heteroatoms. The van der Waals surface area contributed by atoms with Gasteiger partial charge in [-0.15, -0.1) is 0 Å². The van der Waals surface area contributed by atoms with Crippen molar-refractivity contribution >= 4 is 22.1 Å². The molecule has 2 aromatic heterocycles. The number of nitrogens with zero attached hydrogens (tertiary/aromatic N) is 2. The van der Waals surface area contributed by atoms with E-state index < -0.39 is 0 Å². The predicted octanol–water partition coefficient (Wildman–Crippen LogP) is 7.29. The molecule has 4 N–H and O–H groups in total. The monoisotopic (exact) mass is 524 g/mol. The van der Waals surface area contributed by atoms with E-state index >= 15 is 0 Å². The smallest absolute Gasteiger partial charge is 0.124 e. The average molecular weight is 525 g/mol. The Hall–Kier alpha value is -4.26. The van der Waals surface area contributed by atoms with Gasteiger partial charge in [0.1, 0.15) is 11.6 Å². The van der Waals surface area contributed by atoms with Gasteiger partial charge >= 0.3 is 0 Å². The number of hydrogen-bond donors (Lipinski definition) is 4. The van der Waals surface area contributed by atoms with Gasteiger partial charge in [0.15, 0.2) is 0 Å². The van der Waals surface area contributed by atoms with Crippen molar-refractivity contribution in [1.29, 1.82) is 0 Å². The van der Waals surface area contributed by atoms with Gasteiger partial charge in [-0.25, -0.2) is 9.97 Å². The molecule has 8 rings (SSSR count). The van der Waals surface area contributed by atoms with E-state index in [0.717, 1.165) is 59.6 Å². The molecule has 0 aliphatic carbocycles. The molecule has 0 bridgehead atoms. The number of aromatic nitrogens is 4. The third-order valence-electron chi connectivity index (χ3n) is 8.55. The molecule has 2 aliphatic heterocycles. The van der Waals surface area contributed by atoms with Crippen LogP contribution in [0.1, 0.15) is 49.4 Å². The first-order valence-corrected chi connectivity index (χ1v) is 14.4. The SMILES string of the molecule is c1cc(-c2ccc3nc(C4CCCN4)[nH]c3c2)ccc1-c1ccc(-c2ccc3nc(C4CCCN4)[nH]c3c2)cc1. The van der Waals surface area contributed by atoms with E-state index in [0.29, 0.717) is 12.1 Å². The van der Waals surface area contributed by atoms with Crippen LogP contribution in [0.2, 0.25) is 0 Å². The fraction of sp³-hybridized carbons (Fsp3) is 0.235. The largest absolute Gasteiger partial charge is 0.341 e. The minimum atomic E-state index is 0.349. The van der Waals surface area contributed by atoms with Crippen LogP contribution in [0, 0.1) is 0 Å². The van der Waals surface area contributed by atoms with Crippen molar-refractivity contribution in [1.82, 2.24) is 30.6 Å². The van der Waals surface area contributed by atoms with Crippen LogP contribution in [-0.4, -0.2) is 33.0 Å². The number of aromatic amines is 2. The van der Waals surface area contributed by atoms with Crippen LogP contribution in [0.3, 0.4) is 0 Å². The van der Waals surface area contributed by atoms with E-state index in [1.54, 1.807) is 0 Å². The highest BCUT2D eigenvalue weighted by atomic mass is 15.0. The summed E-state index contributed by atoms with van der Waals surface area (Å²) in [6.45, 7) is 2.14. The van der Waals surface area contributed by atoms with Gasteiger partial charge in [-0.3, -0.25) is 0 Å². The molecule has 0 spiro atoms. The summed E-state index contributed by atoms with van der Waals surface area (Å²) in [5, 5.41) is 7.06. The van der Waals surface area contributed by atoms with Gasteiger partial charge in [0, 0.05) is 0 Å². The Labute approximate surface area is 233 Å². The van der Waals surface area contributed by atoms with Gasteiger partial charge in [0.05, 0.1) is 34.2 Å². The van der Waals surface area contributed by atoms with E-state index in [1.165, 1.54) is 46.2 Å². The molecule has 0 radical (unpaired) electrons. The van der Waals surface area contributed by atoms with Crippen molar-refractivity contribution in [2.45, 2.75) is 37.8 Å². The Balaban J connectivity index is 1.01. The average Bonchev–Trinajstić information content (AvgIpc) is 3.82. The summed E-state index contributed by atoms with van der Waals surface area (Å²) >= 11 is 0. The zero-order valence-corrected chi connectivity index (χ0v) is 22.4. The molecule has 2 fully saturated rings. The molecule has 2 saturated heterocycles. The molecule has 0 amide bonds. The predicted molar refractivity (Wildman–Crippen MR) is 162 cm³/mol. The zero-order valence-electron chi connectivity index (χ0n) is 22.4. The Bertz CT molecular complexity index is 1660. The number of imidazole rings is 2. The highest BCUT2D eigenvalue weighted by molar-refractivity contribution is 5.84. The maximum Gasteiger partial charge on any atom is 0.124 e. The summed E-state index contributed by atoms with van der Waals surface area (Å²) in [7, 11) is 0. The maximum absolute atomic E-state index is 4.82. The fourth-order valence-corrected chi connectivity index (χ4v) is 6.29. The van der Waals surface area contributed by atoms with Gasteiger partial charge in [0.2, 0.25) is 0 Å². The summed E-state index contributed by atoms with van der Waals surface area (Å²) in [5.41, 5.74) is 11.5. The number of hydrogen-bond acceptors (Lipinski definition) is 4. The quantitative estimate of drug-likeness (QED) is 0.191. The lowest BCUT2D eigenvalue weighted by Gasteiger charge is -2.07. The molecule has 4 heterocycles. The number of benzene rings is 4. The minimum Gasteiger partial charge on any atom is -0.341 e. The summed E-state index contributed by atoms with van der Waals surface area (Å²) in [6, 6.07) is 31.4. The molecule has 4 aromatic carbocycles. The zero-order chi connectivity index (χ0) is 26.5. The second-order valence-corrected chi connectivity index (χ2v) is 11.2. The Morgan fingerprint density at radius 1 is 0.475 bits per heavy atom. The lowest BCUT2D eigenvalue weighted by molar-refractivity contribution is 0.614. The van der Waals surface area contributed by atoms with E-state index in [9.17, 15) is 0 Å². The maximum atomic E-state index is 4.82. The number of rotatable bonds is 5. The Morgan fingerprint density at radius 2 is 0.850 bits per heavy atom. The number of fused-ring (bicyclic) bond motifs is 2. The van der Waals surface area contributed by atoms with E-state index in [1.807, 2.05) is 0 Å². The van der Waals surface area contributed by atoms with Gasteiger partial charge in [-0.05, 0) is 96.4 Å². The highest BCUT2D eigenvalue weighted by Crippen LogP contribution is 2.31. The molecule has 2 aliphatic rings. The molecule has 2 atom stereocenters. The first-order valence-electron chi connectivity index (χ1n) is 14.4. The standard InChI is InChI=1S/C34H32N6/c1-3-29(35-17-1)33-37-27-15-13-25(19-31(27)39-33)23-9-5-21(6-10-23)22-7-11-24(12-8-22)26-14-16-28-32(20-26)40-34(38-28)30-4-2-18-36-30/h5-16,19-20,29-30,35-36H,1-4,17-18H2,(H,37,39)(H,38,40). The summed E-state index contributed by atoms with van der Waals surface area (Å²) in [5.74, 6) is 2.11.